The van der Waals surface area contributed by atoms with E-state index < -0.39 is 0 Å². The molecule has 1 fully saturated rings. The summed E-state index contributed by atoms with van der Waals surface area (Å²) in [6.07, 6.45) is 5.61. The molecule has 1 saturated carbocycles. The van der Waals surface area contributed by atoms with Gasteiger partial charge in [-0.2, -0.15) is 0 Å². The van der Waals surface area contributed by atoms with Crippen LogP contribution in [0.3, 0.4) is 0 Å². The normalized spacial score (nSPS) is 14.1. The molecule has 31 heavy (non-hydrogen) atoms. The Morgan fingerprint density at radius 2 is 1.84 bits per heavy atom. The molecule has 0 saturated heterocycles. The maximum absolute atomic E-state index is 12.6. The van der Waals surface area contributed by atoms with Gasteiger partial charge in [0.15, 0.2) is 0 Å². The molecule has 0 unspecified atom stereocenters. The minimum atomic E-state index is 0.116. The first-order valence-electron chi connectivity index (χ1n) is 11.5. The van der Waals surface area contributed by atoms with Crippen molar-refractivity contribution in [1.29, 1.82) is 0 Å². The summed E-state index contributed by atoms with van der Waals surface area (Å²) in [7, 11) is 2.13. The minimum absolute atomic E-state index is 0.116. The van der Waals surface area contributed by atoms with Gasteiger partial charge < -0.3 is 14.8 Å². The Labute approximate surface area is 185 Å². The Hall–Kier alpha value is -3.01. The molecule has 1 N–H and O–H groups in total. The Morgan fingerprint density at radius 3 is 2.45 bits per heavy atom. The van der Waals surface area contributed by atoms with Crippen molar-refractivity contribution >= 4 is 28.0 Å². The molecular weight excluding hydrogens is 382 g/mol. The minimum Gasteiger partial charge on any atom is -0.385 e. The molecule has 0 atom stereocenters. The van der Waals surface area contributed by atoms with Gasteiger partial charge >= 0.3 is 0 Å². The third-order valence-corrected chi connectivity index (χ3v) is 6.17. The van der Waals surface area contributed by atoms with Crippen molar-refractivity contribution in [3.05, 3.63) is 76.1 Å². The van der Waals surface area contributed by atoms with Crippen molar-refractivity contribution in [1.82, 2.24) is 4.57 Å². The molecule has 3 aromatic rings. The highest BCUT2D eigenvalue weighted by Gasteiger charge is 2.27. The van der Waals surface area contributed by atoms with Gasteiger partial charge in [-0.15, -0.1) is 0 Å². The van der Waals surface area contributed by atoms with E-state index >= 15 is 0 Å². The third-order valence-electron chi connectivity index (χ3n) is 6.17. The number of allylic oxidation sites excluding steroid dienone is 1. The molecule has 4 nitrogen and oxygen atoms in total. The van der Waals surface area contributed by atoms with E-state index in [4.69, 9.17) is 0 Å². The highest BCUT2D eigenvalue weighted by Crippen LogP contribution is 2.43. The smallest absolute Gasteiger partial charge is 0.251 e. The maximum atomic E-state index is 12.6. The van der Waals surface area contributed by atoms with Gasteiger partial charge in [0.1, 0.15) is 0 Å². The number of nitrogens with zero attached hydrogens (tertiary/aromatic N) is 2. The van der Waals surface area contributed by atoms with Crippen LogP contribution in [0.1, 0.15) is 57.1 Å². The Bertz CT molecular complexity index is 1150. The van der Waals surface area contributed by atoms with Crippen molar-refractivity contribution in [2.45, 2.75) is 52.5 Å². The molecule has 1 aliphatic carbocycles. The first-order chi connectivity index (χ1) is 15.1. The van der Waals surface area contributed by atoms with E-state index in [0.29, 0.717) is 12.5 Å². The topological polar surface area (TPSA) is 37.3 Å². The number of anilines is 2. The van der Waals surface area contributed by atoms with Gasteiger partial charge in [0, 0.05) is 48.7 Å². The van der Waals surface area contributed by atoms with E-state index in [2.05, 4.69) is 79.7 Å². The zero-order valence-corrected chi connectivity index (χ0v) is 19.1. The van der Waals surface area contributed by atoms with Crippen LogP contribution in [0.25, 0.3) is 16.6 Å². The molecule has 1 aliphatic rings. The van der Waals surface area contributed by atoms with Crippen LogP contribution in [0.15, 0.2) is 59.4 Å². The number of aryl methyl sites for hydroxylation is 1. The maximum Gasteiger partial charge on any atom is 0.251 e. The highest BCUT2D eigenvalue weighted by molar-refractivity contribution is 5.90. The predicted octanol–water partition coefficient (Wildman–Crippen LogP) is 6.22. The number of nitrogens with one attached hydrogen (secondary N) is 1. The number of hydrogen-bond acceptors (Lipinski definition) is 3. The molecule has 4 heteroatoms. The second-order valence-electron chi connectivity index (χ2n) is 8.32. The van der Waals surface area contributed by atoms with Crippen molar-refractivity contribution in [2.75, 3.05) is 23.8 Å². The number of pyridine rings is 1. The Morgan fingerprint density at radius 1 is 1.10 bits per heavy atom. The quantitative estimate of drug-likeness (QED) is 0.475. The lowest BCUT2D eigenvalue weighted by Gasteiger charge is -2.25. The molecule has 1 aromatic heterocycles. The molecule has 0 amide bonds. The van der Waals surface area contributed by atoms with Crippen LogP contribution >= 0.6 is 0 Å². The summed E-state index contributed by atoms with van der Waals surface area (Å²) in [4.78, 5) is 14.9. The van der Waals surface area contributed by atoms with Crippen LogP contribution < -0.4 is 15.8 Å². The summed E-state index contributed by atoms with van der Waals surface area (Å²) in [5.41, 5.74) is 7.06. The van der Waals surface area contributed by atoms with E-state index in [9.17, 15) is 4.79 Å². The average molecular weight is 416 g/mol. The fourth-order valence-electron chi connectivity index (χ4n) is 4.41. The van der Waals surface area contributed by atoms with Crippen molar-refractivity contribution < 1.29 is 0 Å². The lowest BCUT2D eigenvalue weighted by Crippen LogP contribution is -2.20. The first-order valence-corrected chi connectivity index (χ1v) is 11.5. The van der Waals surface area contributed by atoms with Crippen LogP contribution in [-0.4, -0.2) is 18.2 Å². The predicted molar refractivity (Wildman–Crippen MR) is 133 cm³/mol. The summed E-state index contributed by atoms with van der Waals surface area (Å²) < 4.78 is 1.88. The number of aromatic nitrogens is 1. The largest absolute Gasteiger partial charge is 0.385 e. The number of fused-ring (bicyclic) bond motifs is 1. The lowest BCUT2D eigenvalue weighted by atomic mass is 10.0. The highest BCUT2D eigenvalue weighted by atomic mass is 16.1. The Balaban J connectivity index is 1.77. The summed E-state index contributed by atoms with van der Waals surface area (Å²) in [5.74, 6) is 0.534. The molecule has 162 valence electrons. The monoisotopic (exact) mass is 415 g/mol. The summed E-state index contributed by atoms with van der Waals surface area (Å²) in [5, 5.41) is 4.58. The molecule has 0 spiro atoms. The second-order valence-corrected chi connectivity index (χ2v) is 8.32. The molecule has 4 rings (SSSR count). The average Bonchev–Trinajstić information content (AvgIpc) is 3.62. The number of hydrogen-bond donors (Lipinski definition) is 1. The van der Waals surface area contributed by atoms with Gasteiger partial charge in [-0.3, -0.25) is 4.79 Å². The van der Waals surface area contributed by atoms with Gasteiger partial charge in [0.2, 0.25) is 0 Å². The van der Waals surface area contributed by atoms with E-state index in [-0.39, 0.29) is 5.56 Å². The van der Waals surface area contributed by atoms with Gasteiger partial charge in [0.25, 0.3) is 5.56 Å². The molecular formula is C27H33N3O. The summed E-state index contributed by atoms with van der Waals surface area (Å²) in [6, 6.07) is 17.0. The van der Waals surface area contributed by atoms with Crippen molar-refractivity contribution in [3.63, 3.8) is 0 Å². The van der Waals surface area contributed by atoms with E-state index in [1.54, 1.807) is 0 Å². The van der Waals surface area contributed by atoms with Gasteiger partial charge in [-0.1, -0.05) is 25.1 Å². The number of rotatable bonds is 8. The molecule has 0 radical (unpaired) electrons. The van der Waals surface area contributed by atoms with E-state index in [0.717, 1.165) is 29.9 Å². The van der Waals surface area contributed by atoms with Crippen LogP contribution in [0.5, 0.6) is 0 Å². The molecule has 0 aliphatic heterocycles. The van der Waals surface area contributed by atoms with Crippen molar-refractivity contribution in [3.8, 4) is 0 Å². The van der Waals surface area contributed by atoms with Gasteiger partial charge in [-0.05, 0) is 80.5 Å². The zero-order chi connectivity index (χ0) is 22.0. The van der Waals surface area contributed by atoms with Crippen molar-refractivity contribution in [2.24, 2.45) is 0 Å². The fourth-order valence-corrected chi connectivity index (χ4v) is 4.41. The molecule has 2 aromatic carbocycles. The van der Waals surface area contributed by atoms with E-state index in [1.807, 2.05) is 17.6 Å². The molecule has 1 heterocycles. The lowest BCUT2D eigenvalue weighted by molar-refractivity contribution is 0.757. The fraction of sp³-hybridized carbons (Fsp3) is 0.370. The van der Waals surface area contributed by atoms with E-state index in [1.165, 1.54) is 35.1 Å². The zero-order valence-electron chi connectivity index (χ0n) is 19.1. The second kappa shape index (κ2) is 9.01. The van der Waals surface area contributed by atoms with Crippen LogP contribution in [-0.2, 0) is 6.54 Å². The van der Waals surface area contributed by atoms with Crippen LogP contribution in [0.4, 0.5) is 11.4 Å². The summed E-state index contributed by atoms with van der Waals surface area (Å²) >= 11 is 0. The van der Waals surface area contributed by atoms with Crippen LogP contribution in [0.2, 0.25) is 0 Å². The van der Waals surface area contributed by atoms with Gasteiger partial charge in [-0.25, -0.2) is 0 Å². The van der Waals surface area contributed by atoms with Gasteiger partial charge in [0.05, 0.1) is 5.52 Å². The third kappa shape index (κ3) is 4.25. The molecule has 0 bridgehead atoms. The standard InChI is InChI=1S/C27H33N3O/c1-5-8-25(20-11-13-21(14-12-20)28-6-2)29(4)22-15-16-26-24(17-22)23(19-9-10-19)18-27(31)30(26)7-3/h8,11-19,28H,5-7,9-10H2,1-4H3/b25-8-. The number of benzene rings is 2. The van der Waals surface area contributed by atoms with Crippen LogP contribution in [0, 0.1) is 0 Å². The first kappa shape index (κ1) is 21.2. The Kier molecular flexibility index (Phi) is 6.17. The SMILES string of the molecule is CC/C=C(/c1ccc(NCC)cc1)N(C)c1ccc2c(c1)c(C1CC1)cc(=O)n2CC. The summed E-state index contributed by atoms with van der Waals surface area (Å²) in [6.45, 7) is 7.93.